The number of aliphatic hydroxyl groups is 1. The summed E-state index contributed by atoms with van der Waals surface area (Å²) in [5, 5.41) is 10.6. The molecule has 0 heterocycles. The van der Waals surface area contributed by atoms with E-state index in [9.17, 15) is 9.59 Å². The van der Waals surface area contributed by atoms with Gasteiger partial charge < -0.3 is 25.6 Å². The third-order valence-electron chi connectivity index (χ3n) is 1.51. The molecule has 0 aliphatic rings. The van der Waals surface area contributed by atoms with Gasteiger partial charge in [0.15, 0.2) is 0 Å². The Morgan fingerprint density at radius 3 is 1.83 bits per heavy atom. The molecule has 4 N–H and O–H groups in total. The first-order chi connectivity index (χ1) is 10.9. The van der Waals surface area contributed by atoms with Crippen LogP contribution in [0.4, 0.5) is 0 Å². The molecule has 0 aliphatic carbocycles. The molecule has 0 fully saturated rings. The van der Waals surface area contributed by atoms with E-state index in [-0.39, 0.29) is 18.5 Å². The van der Waals surface area contributed by atoms with Crippen molar-refractivity contribution in [2.24, 2.45) is 5.73 Å². The van der Waals surface area contributed by atoms with Gasteiger partial charge in [0.25, 0.3) is 0 Å². The predicted octanol–water partition coefficient (Wildman–Crippen LogP) is 1.25. The van der Waals surface area contributed by atoms with Crippen molar-refractivity contribution >= 4 is 11.9 Å². The Hall–Kier alpha value is -1.44. The van der Waals surface area contributed by atoms with Crippen LogP contribution in [-0.2, 0) is 19.1 Å². The molecule has 0 aromatic heterocycles. The number of aliphatic hydroxyl groups excluding tert-OH is 1. The van der Waals surface area contributed by atoms with Crippen LogP contribution in [0.15, 0.2) is 12.7 Å². The monoisotopic (exact) mass is 336 g/mol. The highest BCUT2D eigenvalue weighted by molar-refractivity contribution is 5.81. The van der Waals surface area contributed by atoms with E-state index < -0.39 is 0 Å². The fourth-order valence-electron chi connectivity index (χ4n) is 0.802. The van der Waals surface area contributed by atoms with Crippen LogP contribution >= 0.6 is 0 Å². The molecule has 0 aromatic carbocycles. The number of carbonyl (C=O) groups excluding carboxylic acids is 2. The molecule has 0 rings (SSSR count). The summed E-state index contributed by atoms with van der Waals surface area (Å²) in [4.78, 5) is 20.7. The second-order valence-electron chi connectivity index (χ2n) is 3.59. The molecule has 0 saturated heterocycles. The van der Waals surface area contributed by atoms with E-state index in [1.54, 1.807) is 13.8 Å². The SMILES string of the molecule is C=CC(=O)OCC.CCN.CCNCCC(=O)OCC.CCO. The van der Waals surface area contributed by atoms with Gasteiger partial charge >= 0.3 is 11.9 Å². The smallest absolute Gasteiger partial charge is 0.330 e. The van der Waals surface area contributed by atoms with Crippen molar-refractivity contribution in [3.63, 3.8) is 0 Å². The molecular formula is C16H36N2O5. The van der Waals surface area contributed by atoms with E-state index in [2.05, 4.69) is 16.6 Å². The normalized spacial score (nSPS) is 7.96. The van der Waals surface area contributed by atoms with Crippen molar-refractivity contribution in [3.8, 4) is 0 Å². The lowest BCUT2D eigenvalue weighted by Crippen LogP contribution is -2.18. The van der Waals surface area contributed by atoms with Crippen LogP contribution in [0.1, 0.15) is 41.0 Å². The summed E-state index contributed by atoms with van der Waals surface area (Å²) >= 11 is 0. The van der Waals surface area contributed by atoms with Gasteiger partial charge in [-0.15, -0.1) is 0 Å². The fraction of sp³-hybridized carbons (Fsp3) is 0.750. The van der Waals surface area contributed by atoms with Gasteiger partial charge in [-0.2, -0.15) is 0 Å². The Labute approximate surface area is 141 Å². The summed E-state index contributed by atoms with van der Waals surface area (Å²) in [6.07, 6.45) is 1.62. The Bertz CT molecular complexity index is 247. The molecule has 0 aromatic rings. The lowest BCUT2D eigenvalue weighted by atomic mass is 10.4. The Morgan fingerprint density at radius 1 is 1.13 bits per heavy atom. The van der Waals surface area contributed by atoms with Crippen molar-refractivity contribution in [1.29, 1.82) is 0 Å². The van der Waals surface area contributed by atoms with Gasteiger partial charge in [-0.3, -0.25) is 4.79 Å². The maximum Gasteiger partial charge on any atom is 0.330 e. The largest absolute Gasteiger partial charge is 0.466 e. The van der Waals surface area contributed by atoms with Crippen LogP contribution in [0.25, 0.3) is 0 Å². The molecule has 0 unspecified atom stereocenters. The molecule has 0 saturated carbocycles. The molecule has 140 valence electrons. The zero-order chi connectivity index (χ0) is 18.9. The van der Waals surface area contributed by atoms with E-state index in [1.165, 1.54) is 0 Å². The van der Waals surface area contributed by atoms with Crippen molar-refractivity contribution in [3.05, 3.63) is 12.7 Å². The van der Waals surface area contributed by atoms with E-state index in [0.29, 0.717) is 19.6 Å². The van der Waals surface area contributed by atoms with Crippen molar-refractivity contribution < 1.29 is 24.2 Å². The van der Waals surface area contributed by atoms with Gasteiger partial charge in [0, 0.05) is 19.2 Å². The number of nitrogens with one attached hydrogen (secondary N) is 1. The second-order valence-corrected chi connectivity index (χ2v) is 3.59. The van der Waals surface area contributed by atoms with Gasteiger partial charge in [-0.1, -0.05) is 20.4 Å². The van der Waals surface area contributed by atoms with Crippen LogP contribution < -0.4 is 11.1 Å². The maximum atomic E-state index is 10.7. The zero-order valence-corrected chi connectivity index (χ0v) is 15.4. The topological polar surface area (TPSA) is 111 Å². The Balaban J connectivity index is -0.000000120. The number of esters is 2. The summed E-state index contributed by atoms with van der Waals surface area (Å²) in [6.45, 7) is 15.9. The number of ether oxygens (including phenoxy) is 2. The third-order valence-corrected chi connectivity index (χ3v) is 1.51. The fourth-order valence-corrected chi connectivity index (χ4v) is 0.802. The summed E-state index contributed by atoms with van der Waals surface area (Å²) in [7, 11) is 0. The van der Waals surface area contributed by atoms with Crippen molar-refractivity contribution in [2.75, 3.05) is 39.5 Å². The first-order valence-corrected chi connectivity index (χ1v) is 7.91. The van der Waals surface area contributed by atoms with Crippen molar-refractivity contribution in [1.82, 2.24) is 5.32 Å². The number of nitrogens with two attached hydrogens (primary N) is 1. The molecule has 0 radical (unpaired) electrons. The molecule has 23 heavy (non-hydrogen) atoms. The minimum absolute atomic E-state index is 0.122. The molecule has 0 aliphatic heterocycles. The quantitative estimate of drug-likeness (QED) is 0.364. The predicted molar refractivity (Wildman–Crippen MR) is 94.1 cm³/mol. The average Bonchev–Trinajstić information content (AvgIpc) is 2.50. The molecule has 0 amide bonds. The van der Waals surface area contributed by atoms with Crippen molar-refractivity contribution in [2.45, 2.75) is 41.0 Å². The minimum Gasteiger partial charge on any atom is -0.466 e. The number of hydrogen-bond donors (Lipinski definition) is 3. The third kappa shape index (κ3) is 53.0. The van der Waals surface area contributed by atoms with Gasteiger partial charge in [0.05, 0.1) is 19.6 Å². The number of carbonyl (C=O) groups is 2. The average molecular weight is 336 g/mol. The zero-order valence-electron chi connectivity index (χ0n) is 15.4. The second kappa shape index (κ2) is 32.5. The Kier molecular flexibility index (Phi) is 41.8. The summed E-state index contributed by atoms with van der Waals surface area (Å²) in [6, 6.07) is 0. The maximum absolute atomic E-state index is 10.7. The molecule has 0 bridgehead atoms. The van der Waals surface area contributed by atoms with Gasteiger partial charge in [-0.05, 0) is 33.9 Å². The number of rotatable bonds is 7. The first kappa shape index (κ1) is 29.6. The molecule has 0 atom stereocenters. The summed E-state index contributed by atoms with van der Waals surface area (Å²) < 4.78 is 9.14. The minimum atomic E-state index is -0.359. The van der Waals surface area contributed by atoms with Crippen LogP contribution in [0, 0.1) is 0 Å². The molecule has 0 spiro atoms. The summed E-state index contributed by atoms with van der Waals surface area (Å²) in [5.41, 5.74) is 4.85. The first-order valence-electron chi connectivity index (χ1n) is 7.91. The standard InChI is InChI=1S/C7H15NO2.C5H8O2.C2H7N.C2H6O/c1-3-8-6-5-7(9)10-4-2;1-3-5(6)7-4-2;2*1-2-3/h8H,3-6H2,1-2H3;3H,1,4H2,2H3;2-3H2,1H3;3H,2H2,1H3. The lowest BCUT2D eigenvalue weighted by Gasteiger charge is -2.00. The van der Waals surface area contributed by atoms with E-state index in [1.807, 2.05) is 20.8 Å². The lowest BCUT2D eigenvalue weighted by molar-refractivity contribution is -0.143. The van der Waals surface area contributed by atoms with Crippen LogP contribution in [0.3, 0.4) is 0 Å². The highest BCUT2D eigenvalue weighted by Crippen LogP contribution is 1.83. The van der Waals surface area contributed by atoms with Crippen LogP contribution in [-0.4, -0.2) is 56.5 Å². The number of hydrogen-bond acceptors (Lipinski definition) is 7. The van der Waals surface area contributed by atoms with E-state index in [0.717, 1.165) is 25.7 Å². The van der Waals surface area contributed by atoms with Gasteiger partial charge in [0.1, 0.15) is 0 Å². The highest BCUT2D eigenvalue weighted by Gasteiger charge is 1.98. The van der Waals surface area contributed by atoms with E-state index >= 15 is 0 Å². The van der Waals surface area contributed by atoms with Crippen LogP contribution in [0.2, 0.25) is 0 Å². The Morgan fingerprint density at radius 2 is 1.57 bits per heavy atom. The molecular weight excluding hydrogens is 300 g/mol. The highest BCUT2D eigenvalue weighted by atomic mass is 16.5. The molecule has 7 nitrogen and oxygen atoms in total. The summed E-state index contributed by atoms with van der Waals surface area (Å²) in [5.74, 6) is -0.481. The van der Waals surface area contributed by atoms with E-state index in [4.69, 9.17) is 15.6 Å². The molecule has 7 heteroatoms. The van der Waals surface area contributed by atoms with Crippen LogP contribution in [0.5, 0.6) is 0 Å². The van der Waals surface area contributed by atoms with Gasteiger partial charge in [-0.25, -0.2) is 4.79 Å². The van der Waals surface area contributed by atoms with Gasteiger partial charge in [0.2, 0.25) is 0 Å².